The van der Waals surface area contributed by atoms with Crippen LogP contribution in [-0.4, -0.2) is 21.9 Å². The predicted molar refractivity (Wildman–Crippen MR) is 99.1 cm³/mol. The van der Waals surface area contributed by atoms with Gasteiger partial charge in [-0.25, -0.2) is 10.4 Å². The number of carbonyl (C=O) groups is 1. The molecule has 22 heavy (non-hydrogen) atoms. The van der Waals surface area contributed by atoms with Crippen molar-refractivity contribution in [1.82, 2.24) is 10.4 Å². The van der Waals surface area contributed by atoms with Crippen LogP contribution in [0.5, 0.6) is 0 Å². The molecule has 1 amide bonds. The number of hydrazone groups is 1. The maximum atomic E-state index is 12.1. The monoisotopic (exact) mass is 425 g/mol. The van der Waals surface area contributed by atoms with E-state index in [0.717, 1.165) is 19.9 Å². The lowest BCUT2D eigenvalue weighted by Crippen LogP contribution is -2.27. The van der Waals surface area contributed by atoms with Crippen molar-refractivity contribution in [2.75, 3.05) is 0 Å². The Morgan fingerprint density at radius 2 is 2.14 bits per heavy atom. The lowest BCUT2D eigenvalue weighted by molar-refractivity contribution is -0.120. The lowest BCUT2D eigenvalue weighted by Gasteiger charge is -2.09. The van der Waals surface area contributed by atoms with Gasteiger partial charge in [-0.05, 0) is 66.3 Å². The number of aromatic nitrogens is 1. The SMILES string of the molecule is C/C(=N/NC(=O)[C@@H](C)Sc1ccccn1)c1cccc(I)c1. The molecule has 1 atom stereocenters. The molecule has 4 nitrogen and oxygen atoms in total. The second kappa shape index (κ2) is 8.28. The molecule has 0 bridgehead atoms. The summed E-state index contributed by atoms with van der Waals surface area (Å²) in [6.45, 7) is 3.72. The summed E-state index contributed by atoms with van der Waals surface area (Å²) in [6.07, 6.45) is 1.71. The second-order valence-electron chi connectivity index (χ2n) is 4.61. The molecule has 114 valence electrons. The van der Waals surface area contributed by atoms with Crippen molar-refractivity contribution in [3.63, 3.8) is 0 Å². The first-order valence-corrected chi connectivity index (χ1v) is 8.70. The smallest absolute Gasteiger partial charge is 0.253 e. The third-order valence-corrected chi connectivity index (χ3v) is 4.60. The number of rotatable bonds is 5. The van der Waals surface area contributed by atoms with Gasteiger partial charge in [-0.3, -0.25) is 4.79 Å². The minimum atomic E-state index is -0.262. The van der Waals surface area contributed by atoms with Gasteiger partial charge >= 0.3 is 0 Å². The average Bonchev–Trinajstić information content (AvgIpc) is 2.53. The van der Waals surface area contributed by atoms with Gasteiger partial charge in [0.05, 0.1) is 16.0 Å². The van der Waals surface area contributed by atoms with Crippen LogP contribution in [0.4, 0.5) is 0 Å². The third-order valence-electron chi connectivity index (χ3n) is 2.88. The van der Waals surface area contributed by atoms with Gasteiger partial charge in [-0.2, -0.15) is 5.10 Å². The zero-order chi connectivity index (χ0) is 15.9. The van der Waals surface area contributed by atoms with Gasteiger partial charge in [-0.15, -0.1) is 0 Å². The van der Waals surface area contributed by atoms with Gasteiger partial charge in [-0.1, -0.05) is 30.0 Å². The molecule has 0 aliphatic carbocycles. The Kier molecular flexibility index (Phi) is 6.38. The number of hydrogen-bond donors (Lipinski definition) is 1. The summed E-state index contributed by atoms with van der Waals surface area (Å²) in [5.74, 6) is -0.138. The Morgan fingerprint density at radius 1 is 1.32 bits per heavy atom. The van der Waals surface area contributed by atoms with E-state index in [1.165, 1.54) is 11.8 Å². The number of thioether (sulfide) groups is 1. The molecule has 1 N–H and O–H groups in total. The molecule has 0 saturated carbocycles. The summed E-state index contributed by atoms with van der Waals surface area (Å²) in [6, 6.07) is 13.6. The molecule has 2 rings (SSSR count). The number of nitrogens with zero attached hydrogens (tertiary/aromatic N) is 2. The van der Waals surface area contributed by atoms with E-state index in [-0.39, 0.29) is 11.2 Å². The molecule has 1 heterocycles. The highest BCUT2D eigenvalue weighted by molar-refractivity contribution is 14.1. The molecule has 0 aliphatic heterocycles. The maximum Gasteiger partial charge on any atom is 0.253 e. The summed E-state index contributed by atoms with van der Waals surface area (Å²) >= 11 is 3.66. The van der Waals surface area contributed by atoms with Gasteiger partial charge in [0.2, 0.25) is 0 Å². The quantitative estimate of drug-likeness (QED) is 0.344. The number of carbonyl (C=O) groups excluding carboxylic acids is 1. The van der Waals surface area contributed by atoms with E-state index in [1.807, 2.05) is 56.3 Å². The molecule has 0 spiro atoms. The predicted octanol–water partition coefficient (Wildman–Crippen LogP) is 3.71. The highest BCUT2D eigenvalue weighted by Crippen LogP contribution is 2.20. The van der Waals surface area contributed by atoms with Crippen molar-refractivity contribution < 1.29 is 4.79 Å². The highest BCUT2D eigenvalue weighted by Gasteiger charge is 2.14. The third kappa shape index (κ3) is 5.10. The van der Waals surface area contributed by atoms with E-state index in [2.05, 4.69) is 38.1 Å². The van der Waals surface area contributed by atoms with Crippen LogP contribution in [0.2, 0.25) is 0 Å². The van der Waals surface area contributed by atoms with Crippen molar-refractivity contribution in [2.24, 2.45) is 5.10 Å². The summed E-state index contributed by atoms with van der Waals surface area (Å²) in [5.41, 5.74) is 4.40. The fraction of sp³-hybridized carbons (Fsp3) is 0.188. The summed E-state index contributed by atoms with van der Waals surface area (Å²) in [7, 11) is 0. The van der Waals surface area contributed by atoms with Gasteiger partial charge in [0.25, 0.3) is 5.91 Å². The number of amides is 1. The van der Waals surface area contributed by atoms with E-state index < -0.39 is 0 Å². The molecular weight excluding hydrogens is 409 g/mol. The molecule has 0 unspecified atom stereocenters. The van der Waals surface area contributed by atoms with Crippen molar-refractivity contribution in [2.45, 2.75) is 24.1 Å². The van der Waals surface area contributed by atoms with E-state index in [0.29, 0.717) is 0 Å². The molecule has 0 radical (unpaired) electrons. The zero-order valence-electron chi connectivity index (χ0n) is 12.3. The van der Waals surface area contributed by atoms with Crippen LogP contribution < -0.4 is 5.43 Å². The number of nitrogens with one attached hydrogen (secondary N) is 1. The molecular formula is C16H16IN3OS. The summed E-state index contributed by atoms with van der Waals surface area (Å²) in [5, 5.41) is 4.74. The highest BCUT2D eigenvalue weighted by atomic mass is 127. The zero-order valence-corrected chi connectivity index (χ0v) is 15.3. The van der Waals surface area contributed by atoms with E-state index in [9.17, 15) is 4.79 Å². The van der Waals surface area contributed by atoms with Gasteiger partial charge in [0.1, 0.15) is 0 Å². The Morgan fingerprint density at radius 3 is 2.82 bits per heavy atom. The van der Waals surface area contributed by atoms with E-state index in [4.69, 9.17) is 0 Å². The van der Waals surface area contributed by atoms with Crippen LogP contribution in [0.3, 0.4) is 0 Å². The van der Waals surface area contributed by atoms with Crippen molar-refractivity contribution in [3.05, 3.63) is 57.8 Å². The standard InChI is InChI=1S/C16H16IN3OS/c1-11(13-6-5-7-14(17)10-13)19-20-16(21)12(2)22-15-8-3-4-9-18-15/h3-10,12H,1-2H3,(H,20,21)/b19-11-/t12-/m1/s1. The maximum absolute atomic E-state index is 12.1. The van der Waals surface area contributed by atoms with Crippen LogP contribution >= 0.6 is 34.4 Å². The van der Waals surface area contributed by atoms with Crippen LogP contribution in [0.25, 0.3) is 0 Å². The Bertz CT molecular complexity index is 676. The molecule has 2 aromatic rings. The molecule has 0 aliphatic rings. The largest absolute Gasteiger partial charge is 0.272 e. The van der Waals surface area contributed by atoms with Crippen LogP contribution in [-0.2, 0) is 4.79 Å². The molecule has 1 aromatic carbocycles. The minimum absolute atomic E-state index is 0.138. The number of hydrogen-bond acceptors (Lipinski definition) is 4. The van der Waals surface area contributed by atoms with Crippen molar-refractivity contribution >= 4 is 46.0 Å². The van der Waals surface area contributed by atoms with Gasteiger partial charge in [0.15, 0.2) is 0 Å². The van der Waals surface area contributed by atoms with Crippen LogP contribution in [0, 0.1) is 3.57 Å². The van der Waals surface area contributed by atoms with Crippen LogP contribution in [0.15, 0.2) is 58.8 Å². The van der Waals surface area contributed by atoms with Crippen molar-refractivity contribution in [3.8, 4) is 0 Å². The van der Waals surface area contributed by atoms with Crippen LogP contribution in [0.1, 0.15) is 19.4 Å². The average molecular weight is 425 g/mol. The van der Waals surface area contributed by atoms with Gasteiger partial charge in [0, 0.05) is 9.77 Å². The Hall–Kier alpha value is -1.41. The topological polar surface area (TPSA) is 54.4 Å². The first-order chi connectivity index (χ1) is 10.6. The number of halogens is 1. The van der Waals surface area contributed by atoms with Gasteiger partial charge < -0.3 is 0 Å². The molecule has 0 fully saturated rings. The fourth-order valence-corrected chi connectivity index (χ4v) is 3.00. The van der Waals surface area contributed by atoms with E-state index in [1.54, 1.807) is 6.20 Å². The number of pyridine rings is 1. The Balaban J connectivity index is 1.95. The lowest BCUT2D eigenvalue weighted by atomic mass is 10.1. The molecule has 0 saturated heterocycles. The molecule has 1 aromatic heterocycles. The number of benzene rings is 1. The first kappa shape index (κ1) is 17.0. The molecule has 6 heteroatoms. The second-order valence-corrected chi connectivity index (χ2v) is 7.22. The Labute approximate surface area is 147 Å². The fourth-order valence-electron chi connectivity index (χ4n) is 1.66. The minimum Gasteiger partial charge on any atom is -0.272 e. The first-order valence-electron chi connectivity index (χ1n) is 6.74. The summed E-state index contributed by atoms with van der Waals surface area (Å²) < 4.78 is 1.13. The normalized spacial score (nSPS) is 12.8. The van der Waals surface area contributed by atoms with Crippen molar-refractivity contribution in [1.29, 1.82) is 0 Å². The van der Waals surface area contributed by atoms with E-state index >= 15 is 0 Å². The summed E-state index contributed by atoms with van der Waals surface area (Å²) in [4.78, 5) is 16.3.